The number of hydrogen-bond acceptors (Lipinski definition) is 2. The molecule has 0 saturated carbocycles. The van der Waals surface area contributed by atoms with Crippen LogP contribution in [0.2, 0.25) is 0 Å². The van der Waals surface area contributed by atoms with Crippen molar-refractivity contribution in [2.24, 2.45) is 0 Å². The Labute approximate surface area is 630 Å². The average molecular weight is 1380 g/mol. The van der Waals surface area contributed by atoms with Crippen LogP contribution in [-0.4, -0.2) is 0 Å². The molecule has 0 heterocycles. The van der Waals surface area contributed by atoms with Crippen molar-refractivity contribution in [3.63, 3.8) is 0 Å². The fraction of sp³-hybridized carbons (Fsp3) is 0.0943. The van der Waals surface area contributed by atoms with Gasteiger partial charge < -0.3 is 9.80 Å². The lowest BCUT2D eigenvalue weighted by molar-refractivity contribution is 0.802. The van der Waals surface area contributed by atoms with Gasteiger partial charge in [0.2, 0.25) is 0 Å². The fourth-order valence-corrected chi connectivity index (χ4v) is 20.6. The van der Waals surface area contributed by atoms with Gasteiger partial charge in [0, 0.05) is 33.5 Å². The summed E-state index contributed by atoms with van der Waals surface area (Å²) in [5, 5.41) is 15.0. The van der Waals surface area contributed by atoms with Crippen LogP contribution in [0.15, 0.2) is 340 Å². The Morgan fingerprint density at radius 3 is 1.01 bits per heavy atom. The summed E-state index contributed by atoms with van der Waals surface area (Å²) >= 11 is 0. The van der Waals surface area contributed by atoms with Crippen LogP contribution < -0.4 is 9.80 Å². The Hall–Kier alpha value is -12.9. The molecule has 0 unspecified atom stereocenters. The average Bonchev–Trinajstić information content (AvgIpc) is 1.49. The second kappa shape index (κ2) is 23.3. The molecule has 108 heavy (non-hydrogen) atoms. The van der Waals surface area contributed by atoms with E-state index in [0.717, 1.165) is 34.1 Å². The highest BCUT2D eigenvalue weighted by molar-refractivity contribution is 6.28. The van der Waals surface area contributed by atoms with Crippen molar-refractivity contribution in [2.75, 3.05) is 9.80 Å². The van der Waals surface area contributed by atoms with Crippen LogP contribution in [0, 0.1) is 13.8 Å². The largest absolute Gasteiger partial charge is 0.310 e. The highest BCUT2D eigenvalue weighted by atomic mass is 15.2. The quantitative estimate of drug-likeness (QED) is 0.133. The number of rotatable bonds is 9. The number of anilines is 6. The van der Waals surface area contributed by atoms with E-state index in [0.29, 0.717) is 11.8 Å². The third-order valence-electron chi connectivity index (χ3n) is 25.2. The summed E-state index contributed by atoms with van der Waals surface area (Å²) in [6.45, 7) is 13.7. The number of nitrogens with zero attached hydrogens (tertiary/aromatic N) is 2. The highest BCUT2D eigenvalue weighted by Crippen LogP contribution is 2.70. The number of hydrogen-bond donors (Lipinski definition) is 0. The maximum Gasteiger partial charge on any atom is 0.0732 e. The Kier molecular flexibility index (Phi) is 13.5. The summed E-state index contributed by atoms with van der Waals surface area (Å²) in [6, 6.07) is 131. The van der Waals surface area contributed by atoms with Crippen LogP contribution >= 0.6 is 0 Å². The lowest BCUT2D eigenvalue weighted by Crippen LogP contribution is -2.26. The first-order valence-corrected chi connectivity index (χ1v) is 38.5. The molecule has 2 nitrogen and oxygen atoms in total. The van der Waals surface area contributed by atoms with E-state index >= 15 is 0 Å². The first-order valence-electron chi connectivity index (χ1n) is 38.5. The predicted octanol–water partition coefficient (Wildman–Crippen LogP) is 28.8. The van der Waals surface area contributed by atoms with Gasteiger partial charge in [-0.2, -0.15) is 0 Å². The lowest BCUT2D eigenvalue weighted by Gasteiger charge is -2.34. The van der Waals surface area contributed by atoms with Crippen molar-refractivity contribution < 1.29 is 0 Å². The van der Waals surface area contributed by atoms with Crippen LogP contribution in [0.4, 0.5) is 34.1 Å². The number of fused-ring (bicyclic) bond motifs is 34. The van der Waals surface area contributed by atoms with Crippen LogP contribution in [0.5, 0.6) is 0 Å². The molecule has 0 aromatic heterocycles. The van der Waals surface area contributed by atoms with Gasteiger partial charge in [-0.1, -0.05) is 312 Å². The van der Waals surface area contributed by atoms with Crippen molar-refractivity contribution in [1.82, 2.24) is 0 Å². The summed E-state index contributed by atoms with van der Waals surface area (Å²) in [6.07, 6.45) is 0. The molecule has 0 aliphatic heterocycles. The van der Waals surface area contributed by atoms with Crippen LogP contribution in [0.1, 0.15) is 106 Å². The Morgan fingerprint density at radius 1 is 0.231 bits per heavy atom. The molecule has 22 rings (SSSR count). The zero-order chi connectivity index (χ0) is 72.0. The van der Waals surface area contributed by atoms with Crippen molar-refractivity contribution >= 4 is 98.8 Å². The summed E-state index contributed by atoms with van der Waals surface area (Å²) < 4.78 is 0. The van der Waals surface area contributed by atoms with Crippen molar-refractivity contribution in [1.29, 1.82) is 0 Å². The third kappa shape index (κ3) is 8.38. The molecule has 2 spiro atoms. The van der Waals surface area contributed by atoms with Crippen molar-refractivity contribution in [3.8, 4) is 55.6 Å². The Balaban J connectivity index is 0.819. The maximum absolute atomic E-state index is 2.63. The standard InChI is InChI=1S/C106H76N2/c1-63(2)67-49-56-70(57-50-67)107(71-58-51-68(52-59-71)64(3)4)96-61-95-100(82-35-12-9-32-79(82)96)102-85-38-15-14-37-84(85)98-86(40-25-41-88(98)104(102)106(95)92-44-23-19-30-77(92)78-31-20-24-45-93(78)106)89-60-72(55-48-66(89)6)108(69-53-46-65(5)47-54-69)97-62-94-99(83-36-13-10-33-80(83)97)101-81-34-11-7-26-73(81)74-27-8-16-39-87(74)103(101)105(94)90-42-21-17-28-75(90)76-29-18-22-43-91(76)105/h7-64H,1-6H3. The van der Waals surface area contributed by atoms with Gasteiger partial charge in [0.15, 0.2) is 0 Å². The minimum Gasteiger partial charge on any atom is -0.310 e. The minimum absolute atomic E-state index is 0.397. The molecule has 0 fully saturated rings. The van der Waals surface area contributed by atoms with E-state index in [1.54, 1.807) is 0 Å². The van der Waals surface area contributed by atoms with Crippen molar-refractivity contribution in [2.45, 2.75) is 64.2 Å². The van der Waals surface area contributed by atoms with Gasteiger partial charge in [-0.3, -0.25) is 0 Å². The second-order valence-corrected chi connectivity index (χ2v) is 31.3. The highest BCUT2D eigenvalue weighted by Gasteiger charge is 2.56. The zero-order valence-electron chi connectivity index (χ0n) is 61.4. The van der Waals surface area contributed by atoms with E-state index in [1.165, 1.54) is 187 Å². The molecular formula is C106H76N2. The van der Waals surface area contributed by atoms with Crippen LogP contribution in [0.3, 0.4) is 0 Å². The SMILES string of the molecule is Cc1ccc(N(c2ccc(C)c(-c3cccc4c5c(c6ccccc6c34)-c3c(cc(N(c4ccc(C(C)C)cc4)c4ccc(C(C)C)cc4)c4ccccc34)C53c4ccccc4-c4ccccc43)c2)c2cc3c(c4ccccc24)-c2c(c4ccccc4c4ccccc24)C32c3ccccc3-c3ccccc32)cc1. The van der Waals surface area contributed by atoms with Crippen LogP contribution in [-0.2, 0) is 10.8 Å². The van der Waals surface area contributed by atoms with E-state index in [-0.39, 0.29) is 0 Å². The molecule has 18 aromatic rings. The topological polar surface area (TPSA) is 6.48 Å². The molecule has 0 N–H and O–H groups in total. The summed E-state index contributed by atoms with van der Waals surface area (Å²) in [7, 11) is 0. The molecule has 0 atom stereocenters. The van der Waals surface area contributed by atoms with E-state index in [2.05, 4.69) is 391 Å². The molecule has 0 saturated heterocycles. The van der Waals surface area contributed by atoms with E-state index < -0.39 is 10.8 Å². The van der Waals surface area contributed by atoms with Crippen molar-refractivity contribution in [3.05, 3.63) is 406 Å². The maximum atomic E-state index is 2.63. The summed E-state index contributed by atoms with van der Waals surface area (Å²) in [4.78, 5) is 5.14. The first-order chi connectivity index (χ1) is 53.1. The molecule has 0 bridgehead atoms. The zero-order valence-corrected chi connectivity index (χ0v) is 61.4. The molecule has 4 aliphatic carbocycles. The van der Waals surface area contributed by atoms with E-state index in [4.69, 9.17) is 0 Å². The molecule has 4 aliphatic rings. The number of aryl methyl sites for hydroxylation is 2. The van der Waals surface area contributed by atoms with Gasteiger partial charge in [-0.05, 0) is 257 Å². The summed E-state index contributed by atoms with van der Waals surface area (Å²) in [5.74, 6) is 0.794. The van der Waals surface area contributed by atoms with Gasteiger partial charge in [0.25, 0.3) is 0 Å². The molecule has 0 amide bonds. The Bertz CT molecular complexity index is 6750. The Morgan fingerprint density at radius 2 is 0.556 bits per heavy atom. The van der Waals surface area contributed by atoms with Gasteiger partial charge in [-0.15, -0.1) is 0 Å². The van der Waals surface area contributed by atoms with E-state index in [9.17, 15) is 0 Å². The van der Waals surface area contributed by atoms with E-state index in [1.807, 2.05) is 0 Å². The molecular weight excluding hydrogens is 1300 g/mol. The smallest absolute Gasteiger partial charge is 0.0732 e. The molecule has 18 aromatic carbocycles. The monoisotopic (exact) mass is 1380 g/mol. The molecule has 0 radical (unpaired) electrons. The van der Waals surface area contributed by atoms with Gasteiger partial charge in [0.05, 0.1) is 22.2 Å². The normalized spacial score (nSPS) is 13.6. The number of benzene rings is 18. The fourth-order valence-electron chi connectivity index (χ4n) is 20.6. The second-order valence-electron chi connectivity index (χ2n) is 31.3. The lowest BCUT2D eigenvalue weighted by atomic mass is 9.68. The molecule has 2 heteroatoms. The minimum atomic E-state index is -0.740. The third-order valence-corrected chi connectivity index (χ3v) is 25.2. The van der Waals surface area contributed by atoms with Gasteiger partial charge in [-0.25, -0.2) is 0 Å². The molecule has 510 valence electrons. The first kappa shape index (κ1) is 62.5. The van der Waals surface area contributed by atoms with Crippen LogP contribution in [0.25, 0.3) is 120 Å². The summed E-state index contributed by atoms with van der Waals surface area (Å²) in [5.41, 5.74) is 33.8. The predicted molar refractivity (Wildman–Crippen MR) is 457 cm³/mol. The van der Waals surface area contributed by atoms with Gasteiger partial charge >= 0.3 is 0 Å². The van der Waals surface area contributed by atoms with Gasteiger partial charge in [0.1, 0.15) is 0 Å².